The van der Waals surface area contributed by atoms with Crippen LogP contribution >= 0.6 is 11.6 Å². The lowest BCUT2D eigenvalue weighted by Crippen LogP contribution is -1.88. The van der Waals surface area contributed by atoms with Crippen molar-refractivity contribution < 1.29 is 0 Å². The van der Waals surface area contributed by atoms with Crippen LogP contribution in [0.3, 0.4) is 0 Å². The third kappa shape index (κ3) is 1.75. The lowest BCUT2D eigenvalue weighted by molar-refractivity contribution is 1.17. The highest BCUT2D eigenvalue weighted by Crippen LogP contribution is 2.25. The van der Waals surface area contributed by atoms with Crippen LogP contribution in [0, 0.1) is 6.92 Å². The van der Waals surface area contributed by atoms with Crippen LogP contribution in [0.15, 0.2) is 36.7 Å². The maximum atomic E-state index is 6.05. The first-order valence-electron chi connectivity index (χ1n) is 4.31. The van der Waals surface area contributed by atoms with Gasteiger partial charge in [0.2, 0.25) is 0 Å². The Hall–Kier alpha value is -1.41. The normalized spacial score (nSPS) is 10.1. The van der Waals surface area contributed by atoms with Gasteiger partial charge in [-0.05, 0) is 25.1 Å². The van der Waals surface area contributed by atoms with Crippen LogP contribution in [0.5, 0.6) is 0 Å². The molecule has 0 aliphatic heterocycles. The minimum atomic E-state index is 0.668. The molecule has 0 spiro atoms. The molecule has 0 aliphatic carbocycles. The van der Waals surface area contributed by atoms with Crippen molar-refractivity contribution in [1.82, 2.24) is 9.97 Å². The molecule has 1 aromatic heterocycles. The Morgan fingerprint density at radius 1 is 1.14 bits per heavy atom. The van der Waals surface area contributed by atoms with Gasteiger partial charge in [-0.25, -0.2) is 9.97 Å². The maximum absolute atomic E-state index is 6.05. The van der Waals surface area contributed by atoms with E-state index in [1.165, 1.54) is 0 Å². The second-order valence-electron chi connectivity index (χ2n) is 3.06. The molecule has 0 unspecified atom stereocenters. The van der Waals surface area contributed by atoms with E-state index >= 15 is 0 Å². The molecule has 14 heavy (non-hydrogen) atoms. The number of hydrogen-bond acceptors (Lipinski definition) is 2. The molecule has 0 aliphatic rings. The van der Waals surface area contributed by atoms with Gasteiger partial charge in [-0.15, -0.1) is 0 Å². The molecule has 0 fully saturated rings. The smallest absolute Gasteiger partial charge is 0.160 e. The van der Waals surface area contributed by atoms with Crippen molar-refractivity contribution in [3.05, 3.63) is 47.2 Å². The van der Waals surface area contributed by atoms with Crippen molar-refractivity contribution in [3.63, 3.8) is 0 Å². The van der Waals surface area contributed by atoms with Crippen LogP contribution in [-0.2, 0) is 0 Å². The van der Waals surface area contributed by atoms with Crippen LogP contribution < -0.4 is 0 Å². The van der Waals surface area contributed by atoms with Crippen LogP contribution in [-0.4, -0.2) is 9.97 Å². The van der Waals surface area contributed by atoms with E-state index in [2.05, 4.69) is 9.97 Å². The van der Waals surface area contributed by atoms with Gasteiger partial charge >= 0.3 is 0 Å². The minimum absolute atomic E-state index is 0.668. The Balaban J connectivity index is 2.57. The molecule has 0 saturated carbocycles. The van der Waals surface area contributed by atoms with E-state index in [0.29, 0.717) is 10.8 Å². The average molecular weight is 205 g/mol. The molecule has 3 heteroatoms. The van der Waals surface area contributed by atoms with E-state index in [4.69, 9.17) is 11.6 Å². The molecular weight excluding hydrogens is 196 g/mol. The van der Waals surface area contributed by atoms with Crippen molar-refractivity contribution in [2.75, 3.05) is 0 Å². The first-order valence-corrected chi connectivity index (χ1v) is 4.69. The number of nitrogens with zero attached hydrogens (tertiary/aromatic N) is 2. The predicted octanol–water partition coefficient (Wildman–Crippen LogP) is 3.11. The fraction of sp³-hybridized carbons (Fsp3) is 0.0909. The quantitative estimate of drug-likeness (QED) is 0.714. The maximum Gasteiger partial charge on any atom is 0.160 e. The van der Waals surface area contributed by atoms with Crippen molar-refractivity contribution in [2.24, 2.45) is 0 Å². The standard InChI is InChI=1S/C11H9ClN2/c1-8-3-4-10(12)9(7-8)11-13-5-2-6-14-11/h2-7H,1H3. The number of rotatable bonds is 1. The highest BCUT2D eigenvalue weighted by molar-refractivity contribution is 6.33. The molecule has 0 bridgehead atoms. The summed E-state index contributed by atoms with van der Waals surface area (Å²) in [5.41, 5.74) is 2.03. The van der Waals surface area contributed by atoms with Crippen LogP contribution in [0.1, 0.15) is 5.56 Å². The molecule has 0 radical (unpaired) electrons. The molecule has 2 nitrogen and oxygen atoms in total. The van der Waals surface area contributed by atoms with Crippen molar-refractivity contribution in [1.29, 1.82) is 0 Å². The number of hydrogen-bond donors (Lipinski definition) is 0. The third-order valence-electron chi connectivity index (χ3n) is 1.93. The largest absolute Gasteiger partial charge is 0.237 e. The number of benzene rings is 1. The highest BCUT2D eigenvalue weighted by Gasteiger charge is 2.04. The average Bonchev–Trinajstić information content (AvgIpc) is 2.23. The van der Waals surface area contributed by atoms with Gasteiger partial charge in [0.15, 0.2) is 5.82 Å². The van der Waals surface area contributed by atoms with Gasteiger partial charge in [-0.3, -0.25) is 0 Å². The zero-order valence-electron chi connectivity index (χ0n) is 7.74. The third-order valence-corrected chi connectivity index (χ3v) is 2.26. The van der Waals surface area contributed by atoms with Gasteiger partial charge in [-0.2, -0.15) is 0 Å². The molecule has 1 heterocycles. The SMILES string of the molecule is Cc1ccc(Cl)c(-c2ncccn2)c1. The molecule has 2 aromatic rings. The van der Waals surface area contributed by atoms with E-state index < -0.39 is 0 Å². The Bertz CT molecular complexity index is 440. The van der Waals surface area contributed by atoms with E-state index in [0.717, 1.165) is 11.1 Å². The topological polar surface area (TPSA) is 25.8 Å². The Morgan fingerprint density at radius 3 is 2.57 bits per heavy atom. The zero-order chi connectivity index (χ0) is 9.97. The summed E-state index contributed by atoms with van der Waals surface area (Å²) < 4.78 is 0. The first kappa shape index (κ1) is 9.16. The lowest BCUT2D eigenvalue weighted by atomic mass is 10.1. The predicted molar refractivity (Wildman–Crippen MR) is 57.2 cm³/mol. The summed E-state index contributed by atoms with van der Waals surface area (Å²) in [4.78, 5) is 8.31. The van der Waals surface area contributed by atoms with E-state index in [9.17, 15) is 0 Å². The molecule has 70 valence electrons. The molecule has 2 rings (SSSR count). The molecule has 0 saturated heterocycles. The molecule has 0 N–H and O–H groups in total. The fourth-order valence-corrected chi connectivity index (χ4v) is 1.45. The van der Waals surface area contributed by atoms with E-state index in [1.54, 1.807) is 18.5 Å². The zero-order valence-corrected chi connectivity index (χ0v) is 8.49. The minimum Gasteiger partial charge on any atom is -0.237 e. The van der Waals surface area contributed by atoms with E-state index in [1.807, 2.05) is 25.1 Å². The summed E-state index contributed by atoms with van der Waals surface area (Å²) in [6, 6.07) is 7.60. The van der Waals surface area contributed by atoms with Crippen molar-refractivity contribution in [3.8, 4) is 11.4 Å². The molecule has 0 atom stereocenters. The first-order chi connectivity index (χ1) is 6.77. The van der Waals surface area contributed by atoms with Crippen LogP contribution in [0.2, 0.25) is 5.02 Å². The van der Waals surface area contributed by atoms with Gasteiger partial charge < -0.3 is 0 Å². The summed E-state index contributed by atoms with van der Waals surface area (Å²) in [5.74, 6) is 0.668. The summed E-state index contributed by atoms with van der Waals surface area (Å²) in [6.07, 6.45) is 3.42. The van der Waals surface area contributed by atoms with Gasteiger partial charge in [0, 0.05) is 18.0 Å². The van der Waals surface area contributed by atoms with Crippen LogP contribution in [0.4, 0.5) is 0 Å². The van der Waals surface area contributed by atoms with Gasteiger partial charge in [0.05, 0.1) is 5.02 Å². The monoisotopic (exact) mass is 204 g/mol. The Kier molecular flexibility index (Phi) is 2.46. The second kappa shape index (κ2) is 3.76. The summed E-state index contributed by atoms with van der Waals surface area (Å²) >= 11 is 6.05. The summed E-state index contributed by atoms with van der Waals surface area (Å²) in [5, 5.41) is 0.682. The van der Waals surface area contributed by atoms with Gasteiger partial charge in [-0.1, -0.05) is 23.2 Å². The van der Waals surface area contributed by atoms with Gasteiger partial charge in [0.1, 0.15) is 0 Å². The van der Waals surface area contributed by atoms with Gasteiger partial charge in [0.25, 0.3) is 0 Å². The lowest BCUT2D eigenvalue weighted by Gasteiger charge is -2.02. The second-order valence-corrected chi connectivity index (χ2v) is 3.46. The van der Waals surface area contributed by atoms with Crippen LogP contribution in [0.25, 0.3) is 11.4 Å². The van der Waals surface area contributed by atoms with E-state index in [-0.39, 0.29) is 0 Å². The highest BCUT2D eigenvalue weighted by atomic mass is 35.5. The summed E-state index contributed by atoms with van der Waals surface area (Å²) in [6.45, 7) is 2.02. The molecular formula is C11H9ClN2. The fourth-order valence-electron chi connectivity index (χ4n) is 1.25. The number of aromatic nitrogens is 2. The van der Waals surface area contributed by atoms with Crippen molar-refractivity contribution in [2.45, 2.75) is 6.92 Å². The number of halogens is 1. The number of aryl methyl sites for hydroxylation is 1. The molecule has 0 amide bonds. The van der Waals surface area contributed by atoms with Crippen molar-refractivity contribution >= 4 is 11.6 Å². The molecule has 1 aromatic carbocycles. The Labute approximate surface area is 87.6 Å². The Morgan fingerprint density at radius 2 is 1.86 bits per heavy atom. The summed E-state index contributed by atoms with van der Waals surface area (Å²) in [7, 11) is 0.